The highest BCUT2D eigenvalue weighted by atomic mass is 32.2. The fourth-order valence-corrected chi connectivity index (χ4v) is 4.17. The van der Waals surface area contributed by atoms with E-state index in [-0.39, 0.29) is 22.8 Å². The highest BCUT2D eigenvalue weighted by molar-refractivity contribution is 7.89. The van der Waals surface area contributed by atoms with Crippen LogP contribution in [0.15, 0.2) is 29.2 Å². The second-order valence-electron chi connectivity index (χ2n) is 7.03. The maximum atomic E-state index is 12.6. The fraction of sp³-hybridized carbons (Fsp3) is 0.381. The molecule has 0 bridgehead atoms. The monoisotopic (exact) mass is 450 g/mol. The van der Waals surface area contributed by atoms with Gasteiger partial charge in [0.25, 0.3) is 0 Å². The molecule has 2 aromatic rings. The van der Waals surface area contributed by atoms with Crippen molar-refractivity contribution in [3.8, 4) is 0 Å². The van der Waals surface area contributed by atoms with E-state index < -0.39 is 40.4 Å². The van der Waals surface area contributed by atoms with Crippen LogP contribution in [0.25, 0.3) is 0 Å². The third-order valence-electron chi connectivity index (χ3n) is 4.56. The van der Waals surface area contributed by atoms with Crippen LogP contribution in [0.4, 0.5) is 0 Å². The summed E-state index contributed by atoms with van der Waals surface area (Å²) in [6, 6.07) is 4.93. The van der Waals surface area contributed by atoms with Crippen molar-refractivity contribution in [3.05, 3.63) is 52.3 Å². The second-order valence-corrected chi connectivity index (χ2v) is 8.75. The molecule has 0 aliphatic rings. The molecule has 31 heavy (non-hydrogen) atoms. The first-order valence-electron chi connectivity index (χ1n) is 9.63. The van der Waals surface area contributed by atoms with E-state index in [1.54, 1.807) is 32.9 Å². The van der Waals surface area contributed by atoms with E-state index in [4.69, 9.17) is 9.47 Å². The Kier molecular flexibility index (Phi) is 7.75. The van der Waals surface area contributed by atoms with Crippen LogP contribution in [0, 0.1) is 20.8 Å². The van der Waals surface area contributed by atoms with Gasteiger partial charge in [0.1, 0.15) is 11.7 Å². The Morgan fingerprint density at radius 1 is 1.06 bits per heavy atom. The van der Waals surface area contributed by atoms with Crippen LogP contribution >= 0.6 is 0 Å². The summed E-state index contributed by atoms with van der Waals surface area (Å²) in [7, 11) is -3.93. The molecular formula is C21H26N2O7S. The number of nitrogens with one attached hydrogen (secondary N) is 2. The number of hydrogen-bond acceptors (Lipinski definition) is 7. The Hall–Kier alpha value is -2.98. The van der Waals surface area contributed by atoms with Crippen LogP contribution in [0.2, 0.25) is 0 Å². The van der Waals surface area contributed by atoms with Gasteiger partial charge in [0.2, 0.25) is 15.8 Å². The molecule has 10 heteroatoms. The number of H-pyrrole nitrogens is 1. The van der Waals surface area contributed by atoms with Crippen LogP contribution in [0.1, 0.15) is 51.5 Å². The molecule has 168 valence electrons. The predicted octanol–water partition coefficient (Wildman–Crippen LogP) is 2.21. The normalized spacial score (nSPS) is 12.3. The third kappa shape index (κ3) is 5.80. The summed E-state index contributed by atoms with van der Waals surface area (Å²) in [4.78, 5) is 39.6. The Morgan fingerprint density at radius 2 is 1.68 bits per heavy atom. The van der Waals surface area contributed by atoms with Crippen LogP contribution in [0.3, 0.4) is 0 Å². The maximum absolute atomic E-state index is 12.6. The number of aromatic amines is 1. The molecule has 0 fully saturated rings. The minimum Gasteiger partial charge on any atom is -0.461 e. The lowest BCUT2D eigenvalue weighted by atomic mass is 10.1. The van der Waals surface area contributed by atoms with Crippen LogP contribution in [-0.2, 0) is 24.3 Å². The first-order chi connectivity index (χ1) is 14.5. The zero-order valence-electron chi connectivity index (χ0n) is 18.1. The topological polar surface area (TPSA) is 132 Å². The molecular weight excluding hydrogens is 424 g/mol. The zero-order chi connectivity index (χ0) is 23.3. The Balaban J connectivity index is 2.03. The second kappa shape index (κ2) is 9.88. The number of aryl methyl sites for hydroxylation is 2. The number of Topliss-reactive ketones (excluding diaryl/α,β-unsaturated/α-hetero) is 1. The number of carbonyl (C=O) groups excluding carboxylic acids is 3. The Morgan fingerprint density at radius 3 is 2.26 bits per heavy atom. The van der Waals surface area contributed by atoms with Crippen molar-refractivity contribution in [1.29, 1.82) is 0 Å². The highest BCUT2D eigenvalue weighted by Gasteiger charge is 2.26. The molecule has 1 aromatic carbocycles. The van der Waals surface area contributed by atoms with Crippen molar-refractivity contribution in [1.82, 2.24) is 9.71 Å². The number of aromatic nitrogens is 1. The molecule has 1 aromatic heterocycles. The van der Waals surface area contributed by atoms with Crippen LogP contribution in [-0.4, -0.2) is 50.4 Å². The van der Waals surface area contributed by atoms with E-state index in [0.717, 1.165) is 5.56 Å². The number of esters is 2. The number of carbonyl (C=O) groups is 3. The van der Waals surface area contributed by atoms with Gasteiger partial charge in [-0.3, -0.25) is 9.59 Å². The number of ether oxygens (including phenoxy) is 2. The van der Waals surface area contributed by atoms with Crippen molar-refractivity contribution in [2.24, 2.45) is 0 Å². The molecule has 0 radical (unpaired) electrons. The van der Waals surface area contributed by atoms with Crippen molar-refractivity contribution in [2.75, 3.05) is 13.2 Å². The van der Waals surface area contributed by atoms with Crippen LogP contribution < -0.4 is 4.72 Å². The van der Waals surface area contributed by atoms with Gasteiger partial charge in [0.15, 0.2) is 6.61 Å². The largest absolute Gasteiger partial charge is 0.461 e. The lowest BCUT2D eigenvalue weighted by Gasteiger charge is -2.14. The summed E-state index contributed by atoms with van der Waals surface area (Å²) >= 11 is 0. The summed E-state index contributed by atoms with van der Waals surface area (Å²) in [5.41, 5.74) is 2.11. The highest BCUT2D eigenvalue weighted by Crippen LogP contribution is 2.20. The molecule has 1 heterocycles. The van der Waals surface area contributed by atoms with E-state index in [9.17, 15) is 22.8 Å². The van der Waals surface area contributed by atoms with Gasteiger partial charge in [-0.15, -0.1) is 0 Å². The summed E-state index contributed by atoms with van der Waals surface area (Å²) in [6.45, 7) is 7.61. The van der Waals surface area contributed by atoms with Crippen molar-refractivity contribution >= 4 is 27.7 Å². The molecule has 0 aliphatic carbocycles. The first-order valence-corrected chi connectivity index (χ1v) is 11.1. The third-order valence-corrected chi connectivity index (χ3v) is 6.11. The van der Waals surface area contributed by atoms with Gasteiger partial charge < -0.3 is 14.5 Å². The average molecular weight is 451 g/mol. The molecule has 0 unspecified atom stereocenters. The van der Waals surface area contributed by atoms with E-state index in [2.05, 4.69) is 9.71 Å². The molecule has 0 saturated carbocycles. The van der Waals surface area contributed by atoms with Gasteiger partial charge in [-0.2, -0.15) is 4.72 Å². The predicted molar refractivity (Wildman–Crippen MR) is 112 cm³/mol. The Labute approximate surface area is 181 Å². The molecule has 0 saturated heterocycles. The first kappa shape index (κ1) is 24.3. The summed E-state index contributed by atoms with van der Waals surface area (Å²) < 4.78 is 37.0. The Bertz CT molecular complexity index is 1090. The van der Waals surface area contributed by atoms with Gasteiger partial charge >= 0.3 is 11.9 Å². The lowest BCUT2D eigenvalue weighted by Crippen LogP contribution is -2.40. The van der Waals surface area contributed by atoms with Gasteiger partial charge in [-0.1, -0.05) is 17.7 Å². The number of benzene rings is 1. The number of ketones is 1. The van der Waals surface area contributed by atoms with Gasteiger partial charge in [0, 0.05) is 11.3 Å². The lowest BCUT2D eigenvalue weighted by molar-refractivity contribution is -0.144. The van der Waals surface area contributed by atoms with Crippen LogP contribution in [0.5, 0.6) is 0 Å². The minimum absolute atomic E-state index is 0.0129. The number of rotatable bonds is 9. The molecule has 9 nitrogen and oxygen atoms in total. The van der Waals surface area contributed by atoms with Crippen molar-refractivity contribution in [3.63, 3.8) is 0 Å². The summed E-state index contributed by atoms with van der Waals surface area (Å²) in [5, 5.41) is 0. The van der Waals surface area contributed by atoms with Crippen molar-refractivity contribution in [2.45, 2.75) is 45.6 Å². The summed E-state index contributed by atoms with van der Waals surface area (Å²) in [5.74, 6) is -2.01. The van der Waals surface area contributed by atoms with Gasteiger partial charge in [0.05, 0.1) is 11.5 Å². The molecule has 2 rings (SSSR count). The van der Waals surface area contributed by atoms with E-state index in [1.807, 2.05) is 6.92 Å². The molecule has 0 aliphatic heterocycles. The quantitative estimate of drug-likeness (QED) is 0.442. The van der Waals surface area contributed by atoms with E-state index >= 15 is 0 Å². The number of sulfonamides is 1. The standard InChI is InChI=1S/C21H26N2O7S/c1-6-29-21(26)19-13(3)18(14(4)22-19)17(24)11-30-20(25)15(5)23-31(27,28)16-9-7-12(2)8-10-16/h7-10,15,22-23H,6,11H2,1-5H3/t15-/m0/s1. The number of hydrogen-bond donors (Lipinski definition) is 2. The van der Waals surface area contributed by atoms with Crippen molar-refractivity contribution < 1.29 is 32.3 Å². The fourth-order valence-electron chi connectivity index (χ4n) is 2.98. The molecule has 0 amide bonds. The molecule has 1 atom stereocenters. The summed E-state index contributed by atoms with van der Waals surface area (Å²) in [6.07, 6.45) is 0. The van der Waals surface area contributed by atoms with Gasteiger partial charge in [-0.05, 0) is 52.3 Å². The minimum atomic E-state index is -3.93. The van der Waals surface area contributed by atoms with E-state index in [0.29, 0.717) is 11.3 Å². The van der Waals surface area contributed by atoms with Gasteiger partial charge in [-0.25, -0.2) is 13.2 Å². The zero-order valence-corrected chi connectivity index (χ0v) is 18.9. The molecule has 0 spiro atoms. The van der Waals surface area contributed by atoms with E-state index in [1.165, 1.54) is 19.1 Å². The average Bonchev–Trinajstić information content (AvgIpc) is 3.00. The smallest absolute Gasteiger partial charge is 0.355 e. The molecule has 2 N–H and O–H groups in total. The SMILES string of the molecule is CCOC(=O)c1[nH]c(C)c(C(=O)COC(=O)[C@H](C)NS(=O)(=O)c2ccc(C)cc2)c1C. The maximum Gasteiger partial charge on any atom is 0.355 e.